The van der Waals surface area contributed by atoms with E-state index in [2.05, 4.69) is 4.74 Å². The number of methoxy groups -OCH3 is 1. The standard InChI is InChI=1S/C12H11NO2S/c1-15-12(14)11-7-6-10(16-11)8-2-4-9(13)5-3-8/h2-7H,13H2,1H3. The molecule has 2 rings (SSSR count). The lowest BCUT2D eigenvalue weighted by Gasteiger charge is -1.97. The molecule has 0 bridgehead atoms. The van der Waals surface area contributed by atoms with Crippen molar-refractivity contribution < 1.29 is 9.53 Å². The maximum atomic E-state index is 11.3. The highest BCUT2D eigenvalue weighted by Gasteiger charge is 2.09. The van der Waals surface area contributed by atoms with Gasteiger partial charge < -0.3 is 10.5 Å². The minimum Gasteiger partial charge on any atom is -0.465 e. The lowest BCUT2D eigenvalue weighted by atomic mass is 10.2. The van der Waals surface area contributed by atoms with Crippen LogP contribution in [0.15, 0.2) is 36.4 Å². The molecule has 0 amide bonds. The summed E-state index contributed by atoms with van der Waals surface area (Å²) in [6.07, 6.45) is 0. The number of ether oxygens (including phenoxy) is 1. The van der Waals surface area contributed by atoms with E-state index in [4.69, 9.17) is 5.73 Å². The summed E-state index contributed by atoms with van der Waals surface area (Å²) in [5.74, 6) is -0.299. The Balaban J connectivity index is 2.31. The molecule has 0 atom stereocenters. The van der Waals surface area contributed by atoms with Crippen LogP contribution in [-0.4, -0.2) is 13.1 Å². The third-order valence-corrected chi connectivity index (χ3v) is 3.30. The van der Waals surface area contributed by atoms with Gasteiger partial charge in [0.1, 0.15) is 4.88 Å². The molecule has 0 fully saturated rings. The molecule has 3 nitrogen and oxygen atoms in total. The Bertz CT molecular complexity index is 502. The molecular formula is C12H11NO2S. The van der Waals surface area contributed by atoms with E-state index in [1.54, 1.807) is 6.07 Å². The van der Waals surface area contributed by atoms with Gasteiger partial charge in [0.25, 0.3) is 0 Å². The van der Waals surface area contributed by atoms with Gasteiger partial charge in [-0.05, 0) is 29.8 Å². The molecule has 0 saturated carbocycles. The van der Waals surface area contributed by atoms with Gasteiger partial charge in [0.15, 0.2) is 0 Å². The Hall–Kier alpha value is -1.81. The predicted octanol–water partition coefficient (Wildman–Crippen LogP) is 2.78. The highest BCUT2D eigenvalue weighted by molar-refractivity contribution is 7.17. The first-order valence-corrected chi connectivity index (χ1v) is 5.56. The number of esters is 1. The molecule has 16 heavy (non-hydrogen) atoms. The van der Waals surface area contributed by atoms with Crippen LogP contribution in [0.3, 0.4) is 0 Å². The molecular weight excluding hydrogens is 222 g/mol. The zero-order valence-corrected chi connectivity index (χ0v) is 9.58. The molecule has 2 N–H and O–H groups in total. The van der Waals surface area contributed by atoms with Gasteiger partial charge >= 0.3 is 5.97 Å². The Kier molecular flexibility index (Phi) is 2.92. The molecule has 0 spiro atoms. The number of hydrogen-bond acceptors (Lipinski definition) is 4. The van der Waals surface area contributed by atoms with Gasteiger partial charge in [-0.15, -0.1) is 11.3 Å². The topological polar surface area (TPSA) is 52.3 Å². The Morgan fingerprint density at radius 2 is 1.88 bits per heavy atom. The van der Waals surface area contributed by atoms with Crippen molar-refractivity contribution in [2.45, 2.75) is 0 Å². The molecule has 0 unspecified atom stereocenters. The molecule has 1 heterocycles. The van der Waals surface area contributed by atoms with Crippen LogP contribution < -0.4 is 5.73 Å². The van der Waals surface area contributed by atoms with E-state index in [0.717, 1.165) is 16.1 Å². The van der Waals surface area contributed by atoms with Crippen molar-refractivity contribution in [2.75, 3.05) is 12.8 Å². The Morgan fingerprint density at radius 1 is 1.19 bits per heavy atom. The average Bonchev–Trinajstić information content (AvgIpc) is 2.78. The monoisotopic (exact) mass is 233 g/mol. The van der Waals surface area contributed by atoms with Gasteiger partial charge in [-0.2, -0.15) is 0 Å². The van der Waals surface area contributed by atoms with Crippen molar-refractivity contribution in [2.24, 2.45) is 0 Å². The number of thiophene rings is 1. The molecule has 4 heteroatoms. The summed E-state index contributed by atoms with van der Waals surface area (Å²) in [5.41, 5.74) is 7.39. The van der Waals surface area contributed by atoms with Crippen LogP contribution in [-0.2, 0) is 4.74 Å². The minimum absolute atomic E-state index is 0.299. The molecule has 0 aliphatic carbocycles. The smallest absolute Gasteiger partial charge is 0.348 e. The maximum Gasteiger partial charge on any atom is 0.348 e. The van der Waals surface area contributed by atoms with Gasteiger partial charge in [-0.25, -0.2) is 4.79 Å². The molecule has 0 saturated heterocycles. The zero-order chi connectivity index (χ0) is 11.5. The third kappa shape index (κ3) is 2.06. The van der Waals surface area contributed by atoms with Crippen molar-refractivity contribution in [1.29, 1.82) is 0 Å². The first-order chi connectivity index (χ1) is 7.70. The highest BCUT2D eigenvalue weighted by atomic mass is 32.1. The normalized spacial score (nSPS) is 10.1. The number of nitrogen functional groups attached to an aromatic ring is 1. The molecule has 0 aliphatic heterocycles. The number of carbonyl (C=O) groups excluding carboxylic acids is 1. The summed E-state index contributed by atoms with van der Waals surface area (Å²) in [6, 6.07) is 11.2. The van der Waals surface area contributed by atoms with Crippen molar-refractivity contribution >= 4 is 23.0 Å². The summed E-state index contributed by atoms with van der Waals surface area (Å²) < 4.78 is 4.66. The van der Waals surface area contributed by atoms with E-state index >= 15 is 0 Å². The fourth-order valence-electron chi connectivity index (χ4n) is 1.35. The van der Waals surface area contributed by atoms with E-state index in [-0.39, 0.29) is 5.97 Å². The van der Waals surface area contributed by atoms with E-state index in [1.807, 2.05) is 30.3 Å². The molecule has 1 aromatic heterocycles. The van der Waals surface area contributed by atoms with Crippen LogP contribution in [0.4, 0.5) is 5.69 Å². The average molecular weight is 233 g/mol. The molecule has 1 aromatic carbocycles. The summed E-state index contributed by atoms with van der Waals surface area (Å²) in [4.78, 5) is 12.9. The van der Waals surface area contributed by atoms with Crippen LogP contribution in [0.5, 0.6) is 0 Å². The van der Waals surface area contributed by atoms with Crippen LogP contribution in [0.1, 0.15) is 9.67 Å². The van der Waals surface area contributed by atoms with Crippen LogP contribution >= 0.6 is 11.3 Å². The van der Waals surface area contributed by atoms with Gasteiger partial charge in [-0.3, -0.25) is 0 Å². The quantitative estimate of drug-likeness (QED) is 0.641. The number of carbonyl (C=O) groups is 1. The zero-order valence-electron chi connectivity index (χ0n) is 8.77. The third-order valence-electron chi connectivity index (χ3n) is 2.19. The first-order valence-electron chi connectivity index (χ1n) is 4.75. The fourth-order valence-corrected chi connectivity index (χ4v) is 2.28. The fraction of sp³-hybridized carbons (Fsp3) is 0.0833. The van der Waals surface area contributed by atoms with E-state index in [9.17, 15) is 4.79 Å². The molecule has 2 aromatic rings. The maximum absolute atomic E-state index is 11.3. The second-order valence-corrected chi connectivity index (χ2v) is 4.36. The van der Waals surface area contributed by atoms with E-state index < -0.39 is 0 Å². The minimum atomic E-state index is -0.299. The highest BCUT2D eigenvalue weighted by Crippen LogP contribution is 2.28. The van der Waals surface area contributed by atoms with Crippen molar-refractivity contribution in [3.63, 3.8) is 0 Å². The van der Waals surface area contributed by atoms with Crippen molar-refractivity contribution in [3.05, 3.63) is 41.3 Å². The Morgan fingerprint density at radius 3 is 2.50 bits per heavy atom. The largest absolute Gasteiger partial charge is 0.465 e. The summed E-state index contributed by atoms with van der Waals surface area (Å²) >= 11 is 1.41. The summed E-state index contributed by atoms with van der Waals surface area (Å²) in [6.45, 7) is 0. The number of rotatable bonds is 2. The number of nitrogens with two attached hydrogens (primary N) is 1. The van der Waals surface area contributed by atoms with Crippen LogP contribution in [0.25, 0.3) is 10.4 Å². The second-order valence-electron chi connectivity index (χ2n) is 3.28. The van der Waals surface area contributed by atoms with Crippen LogP contribution in [0.2, 0.25) is 0 Å². The van der Waals surface area contributed by atoms with E-state index in [0.29, 0.717) is 4.88 Å². The first kappa shape index (κ1) is 10.7. The van der Waals surface area contributed by atoms with Crippen molar-refractivity contribution in [3.8, 4) is 10.4 Å². The SMILES string of the molecule is COC(=O)c1ccc(-c2ccc(N)cc2)s1. The summed E-state index contributed by atoms with van der Waals surface area (Å²) in [5, 5.41) is 0. The lowest BCUT2D eigenvalue weighted by molar-refractivity contribution is 0.0606. The predicted molar refractivity (Wildman–Crippen MR) is 65.5 cm³/mol. The van der Waals surface area contributed by atoms with E-state index in [1.165, 1.54) is 18.4 Å². The number of benzene rings is 1. The molecule has 0 radical (unpaired) electrons. The van der Waals surface area contributed by atoms with Gasteiger partial charge in [0, 0.05) is 10.6 Å². The van der Waals surface area contributed by atoms with Gasteiger partial charge in [-0.1, -0.05) is 12.1 Å². The Labute approximate surface area is 97.5 Å². The van der Waals surface area contributed by atoms with Crippen LogP contribution in [0, 0.1) is 0 Å². The summed E-state index contributed by atoms with van der Waals surface area (Å²) in [7, 11) is 1.38. The second kappa shape index (κ2) is 4.37. The van der Waals surface area contributed by atoms with Gasteiger partial charge in [0.2, 0.25) is 0 Å². The van der Waals surface area contributed by atoms with Gasteiger partial charge in [0.05, 0.1) is 7.11 Å². The molecule has 82 valence electrons. The molecule has 0 aliphatic rings. The van der Waals surface area contributed by atoms with Crippen molar-refractivity contribution in [1.82, 2.24) is 0 Å². The number of hydrogen-bond donors (Lipinski definition) is 1. The number of anilines is 1. The lowest BCUT2D eigenvalue weighted by Crippen LogP contribution is -1.96.